The highest BCUT2D eigenvalue weighted by Gasteiger charge is 2.18. The molecule has 1 rings (SSSR count). The molecule has 0 aliphatic carbocycles. The van der Waals surface area contributed by atoms with Crippen molar-refractivity contribution in [2.75, 3.05) is 0 Å². The van der Waals surface area contributed by atoms with Crippen LogP contribution in [0.25, 0.3) is 0 Å². The van der Waals surface area contributed by atoms with Crippen LogP contribution in [0.1, 0.15) is 44.4 Å². The van der Waals surface area contributed by atoms with Crippen LogP contribution in [0, 0.1) is 0 Å². The molecule has 0 fully saturated rings. The predicted molar refractivity (Wildman–Crippen MR) is 38.0 cm³/mol. The summed E-state index contributed by atoms with van der Waals surface area (Å²) in [6.07, 6.45) is -1.87. The molecule has 1 unspecified atom stereocenters. The summed E-state index contributed by atoms with van der Waals surface area (Å²) in [6.45, 7) is 3.78. The molecule has 1 heterocycles. The standard InChI is InChI=1S/C7H10F2N2O/c1-3-4(2)6-10-11-7(12-6)5(8)9/h4-5H,3H2,1-2H3. The number of hydrogen-bond donors (Lipinski definition) is 0. The lowest BCUT2D eigenvalue weighted by Crippen LogP contribution is -1.90. The van der Waals surface area contributed by atoms with Gasteiger partial charge in [0.25, 0.3) is 5.89 Å². The van der Waals surface area contributed by atoms with Crippen LogP contribution in [0.15, 0.2) is 4.42 Å². The molecule has 68 valence electrons. The van der Waals surface area contributed by atoms with E-state index in [9.17, 15) is 8.78 Å². The Hall–Kier alpha value is -1.00. The van der Waals surface area contributed by atoms with Gasteiger partial charge in [0, 0.05) is 5.92 Å². The van der Waals surface area contributed by atoms with Crippen molar-refractivity contribution in [2.24, 2.45) is 0 Å². The van der Waals surface area contributed by atoms with Crippen molar-refractivity contribution in [3.63, 3.8) is 0 Å². The van der Waals surface area contributed by atoms with Crippen molar-refractivity contribution in [2.45, 2.75) is 32.6 Å². The summed E-state index contributed by atoms with van der Waals surface area (Å²) in [5.41, 5.74) is 0. The maximum absolute atomic E-state index is 12.0. The maximum atomic E-state index is 12.0. The van der Waals surface area contributed by atoms with Gasteiger partial charge in [-0.15, -0.1) is 10.2 Å². The SMILES string of the molecule is CCC(C)c1nnc(C(F)F)o1. The molecule has 0 aromatic carbocycles. The van der Waals surface area contributed by atoms with Gasteiger partial charge in [0.15, 0.2) is 0 Å². The number of rotatable bonds is 3. The van der Waals surface area contributed by atoms with E-state index in [1.54, 1.807) is 0 Å². The molecule has 1 aromatic heterocycles. The zero-order valence-corrected chi connectivity index (χ0v) is 6.92. The fraction of sp³-hybridized carbons (Fsp3) is 0.714. The van der Waals surface area contributed by atoms with Gasteiger partial charge >= 0.3 is 6.43 Å². The molecule has 1 atom stereocenters. The summed E-state index contributed by atoms with van der Waals surface area (Å²) in [7, 11) is 0. The molecule has 12 heavy (non-hydrogen) atoms. The predicted octanol–water partition coefficient (Wildman–Crippen LogP) is 2.52. The third kappa shape index (κ3) is 1.78. The Morgan fingerprint density at radius 1 is 1.33 bits per heavy atom. The van der Waals surface area contributed by atoms with Crippen LogP contribution in [0.4, 0.5) is 8.78 Å². The van der Waals surface area contributed by atoms with E-state index < -0.39 is 12.3 Å². The van der Waals surface area contributed by atoms with E-state index in [2.05, 4.69) is 10.2 Å². The molecule has 0 spiro atoms. The molecular formula is C7H10F2N2O. The van der Waals surface area contributed by atoms with Gasteiger partial charge in [0.1, 0.15) is 0 Å². The minimum atomic E-state index is -2.67. The van der Waals surface area contributed by atoms with E-state index in [-0.39, 0.29) is 11.8 Å². The Bertz CT molecular complexity index is 249. The molecule has 0 saturated heterocycles. The van der Waals surface area contributed by atoms with Crippen molar-refractivity contribution in [1.82, 2.24) is 10.2 Å². The highest BCUT2D eigenvalue weighted by Crippen LogP contribution is 2.21. The first-order valence-corrected chi connectivity index (χ1v) is 3.76. The van der Waals surface area contributed by atoms with Gasteiger partial charge in [-0.25, -0.2) is 0 Å². The fourth-order valence-electron chi connectivity index (χ4n) is 0.708. The highest BCUT2D eigenvalue weighted by molar-refractivity contribution is 4.89. The summed E-state index contributed by atoms with van der Waals surface area (Å²) >= 11 is 0. The van der Waals surface area contributed by atoms with Crippen LogP contribution in [0.5, 0.6) is 0 Å². The lowest BCUT2D eigenvalue weighted by molar-refractivity contribution is 0.112. The summed E-state index contributed by atoms with van der Waals surface area (Å²) in [5, 5.41) is 6.73. The van der Waals surface area contributed by atoms with Gasteiger partial charge in [-0.05, 0) is 6.42 Å². The van der Waals surface area contributed by atoms with Gasteiger partial charge in [-0.1, -0.05) is 13.8 Å². The molecule has 0 bridgehead atoms. The van der Waals surface area contributed by atoms with Crippen molar-refractivity contribution in [3.05, 3.63) is 11.8 Å². The average molecular weight is 176 g/mol. The molecule has 0 saturated carbocycles. The van der Waals surface area contributed by atoms with Crippen LogP contribution in [-0.2, 0) is 0 Å². The minimum absolute atomic E-state index is 0.0463. The van der Waals surface area contributed by atoms with Crippen LogP contribution >= 0.6 is 0 Å². The van der Waals surface area contributed by atoms with E-state index in [4.69, 9.17) is 4.42 Å². The van der Waals surface area contributed by atoms with E-state index in [0.717, 1.165) is 6.42 Å². The molecule has 3 nitrogen and oxygen atoms in total. The normalized spacial score (nSPS) is 13.8. The Balaban J connectivity index is 2.77. The van der Waals surface area contributed by atoms with Crippen molar-refractivity contribution < 1.29 is 13.2 Å². The Morgan fingerprint density at radius 2 is 1.92 bits per heavy atom. The first-order valence-electron chi connectivity index (χ1n) is 3.76. The van der Waals surface area contributed by atoms with Gasteiger partial charge in [-0.3, -0.25) is 0 Å². The second-order valence-corrected chi connectivity index (χ2v) is 2.59. The number of halogens is 2. The monoisotopic (exact) mass is 176 g/mol. The largest absolute Gasteiger partial charge is 0.420 e. The van der Waals surface area contributed by atoms with Crippen molar-refractivity contribution in [1.29, 1.82) is 0 Å². The fourth-order valence-corrected chi connectivity index (χ4v) is 0.708. The van der Waals surface area contributed by atoms with Crippen molar-refractivity contribution >= 4 is 0 Å². The average Bonchev–Trinajstić information content (AvgIpc) is 2.51. The molecule has 0 aliphatic rings. The van der Waals surface area contributed by atoms with E-state index in [1.165, 1.54) is 0 Å². The molecule has 0 radical (unpaired) electrons. The maximum Gasteiger partial charge on any atom is 0.314 e. The number of aromatic nitrogens is 2. The highest BCUT2D eigenvalue weighted by atomic mass is 19.3. The minimum Gasteiger partial charge on any atom is -0.420 e. The van der Waals surface area contributed by atoms with Crippen LogP contribution in [-0.4, -0.2) is 10.2 Å². The van der Waals surface area contributed by atoms with Gasteiger partial charge in [-0.2, -0.15) is 8.78 Å². The first-order chi connectivity index (χ1) is 5.65. The molecule has 0 N–H and O–H groups in total. The molecule has 1 aromatic rings. The zero-order chi connectivity index (χ0) is 9.14. The first kappa shape index (κ1) is 9.09. The second kappa shape index (κ2) is 3.60. The van der Waals surface area contributed by atoms with E-state index in [0.29, 0.717) is 0 Å². The summed E-state index contributed by atoms with van der Waals surface area (Å²) in [6, 6.07) is 0. The Kier molecular flexibility index (Phi) is 2.73. The van der Waals surface area contributed by atoms with Crippen LogP contribution < -0.4 is 0 Å². The zero-order valence-electron chi connectivity index (χ0n) is 6.92. The Labute approximate surface area is 68.8 Å². The number of nitrogens with zero attached hydrogens (tertiary/aromatic N) is 2. The topological polar surface area (TPSA) is 38.9 Å². The van der Waals surface area contributed by atoms with Crippen LogP contribution in [0.3, 0.4) is 0 Å². The third-order valence-corrected chi connectivity index (χ3v) is 1.68. The molecule has 0 aliphatic heterocycles. The third-order valence-electron chi connectivity index (χ3n) is 1.68. The summed E-state index contributed by atoms with van der Waals surface area (Å²) in [4.78, 5) is 0. The van der Waals surface area contributed by atoms with Gasteiger partial charge < -0.3 is 4.42 Å². The summed E-state index contributed by atoms with van der Waals surface area (Å²) < 4.78 is 28.6. The smallest absolute Gasteiger partial charge is 0.314 e. The Morgan fingerprint density at radius 3 is 2.33 bits per heavy atom. The number of alkyl halides is 2. The lowest BCUT2D eigenvalue weighted by Gasteiger charge is -1.99. The van der Waals surface area contributed by atoms with E-state index in [1.807, 2.05) is 13.8 Å². The van der Waals surface area contributed by atoms with Crippen molar-refractivity contribution in [3.8, 4) is 0 Å². The summed E-state index contributed by atoms with van der Waals surface area (Å²) in [5.74, 6) is -0.261. The van der Waals surface area contributed by atoms with Gasteiger partial charge in [0.2, 0.25) is 5.89 Å². The molecule has 5 heteroatoms. The van der Waals surface area contributed by atoms with E-state index >= 15 is 0 Å². The second-order valence-electron chi connectivity index (χ2n) is 2.59. The van der Waals surface area contributed by atoms with Gasteiger partial charge in [0.05, 0.1) is 0 Å². The number of hydrogen-bond acceptors (Lipinski definition) is 3. The lowest BCUT2D eigenvalue weighted by atomic mass is 10.1. The van der Waals surface area contributed by atoms with Crippen LogP contribution in [0.2, 0.25) is 0 Å². The molecular weight excluding hydrogens is 166 g/mol. The quantitative estimate of drug-likeness (QED) is 0.710. The molecule has 0 amide bonds.